The minimum atomic E-state index is 0.451. The zero-order chi connectivity index (χ0) is 21.6. The van der Waals surface area contributed by atoms with E-state index in [4.69, 9.17) is 9.47 Å². The number of hydrogen-bond acceptors (Lipinski definition) is 4. The van der Waals surface area contributed by atoms with Crippen LogP contribution in [0.5, 0.6) is 11.5 Å². The van der Waals surface area contributed by atoms with Crippen molar-refractivity contribution in [3.63, 3.8) is 0 Å². The highest BCUT2D eigenvalue weighted by Crippen LogP contribution is 2.31. The van der Waals surface area contributed by atoms with Gasteiger partial charge in [0.1, 0.15) is 18.5 Å². The van der Waals surface area contributed by atoms with Crippen LogP contribution in [0, 0.1) is 18.3 Å². The van der Waals surface area contributed by atoms with E-state index >= 15 is 0 Å². The van der Waals surface area contributed by atoms with Crippen molar-refractivity contribution in [1.82, 2.24) is 9.97 Å². The lowest BCUT2D eigenvalue weighted by Gasteiger charge is -2.13. The van der Waals surface area contributed by atoms with Gasteiger partial charge in [-0.3, -0.25) is 0 Å². The van der Waals surface area contributed by atoms with E-state index in [1.54, 1.807) is 6.08 Å². The van der Waals surface area contributed by atoms with E-state index in [2.05, 4.69) is 35.1 Å². The van der Waals surface area contributed by atoms with E-state index in [-0.39, 0.29) is 0 Å². The van der Waals surface area contributed by atoms with Crippen molar-refractivity contribution >= 4 is 22.7 Å². The molecule has 1 aromatic heterocycles. The van der Waals surface area contributed by atoms with Gasteiger partial charge in [0, 0.05) is 0 Å². The van der Waals surface area contributed by atoms with Gasteiger partial charge >= 0.3 is 0 Å². The van der Waals surface area contributed by atoms with E-state index in [0.29, 0.717) is 36.1 Å². The molecule has 0 bridgehead atoms. The number of aryl methyl sites for hydroxylation is 1. The first-order valence-electron chi connectivity index (χ1n) is 10.2. The number of aromatic amines is 1. The van der Waals surface area contributed by atoms with Gasteiger partial charge < -0.3 is 14.5 Å². The minimum Gasteiger partial charge on any atom is -0.490 e. The van der Waals surface area contributed by atoms with Crippen molar-refractivity contribution in [3.8, 4) is 17.6 Å². The Kier molecular flexibility index (Phi) is 6.00. The van der Waals surface area contributed by atoms with Gasteiger partial charge in [-0.1, -0.05) is 48.0 Å². The van der Waals surface area contributed by atoms with E-state index in [9.17, 15) is 5.26 Å². The van der Waals surface area contributed by atoms with Gasteiger partial charge in [0.25, 0.3) is 0 Å². The maximum absolute atomic E-state index is 9.69. The second-order valence-corrected chi connectivity index (χ2v) is 7.19. The third-order valence-electron chi connectivity index (χ3n) is 4.82. The Bertz CT molecular complexity index is 1250. The third-order valence-corrected chi connectivity index (χ3v) is 4.82. The van der Waals surface area contributed by atoms with Crippen LogP contribution >= 0.6 is 0 Å². The summed E-state index contributed by atoms with van der Waals surface area (Å²) in [5.41, 5.74) is 5.31. The average molecular weight is 409 g/mol. The lowest BCUT2D eigenvalue weighted by Crippen LogP contribution is -2.00. The highest BCUT2D eigenvalue weighted by molar-refractivity contribution is 5.90. The van der Waals surface area contributed by atoms with Crippen molar-refractivity contribution in [1.29, 1.82) is 5.26 Å². The van der Waals surface area contributed by atoms with E-state index in [0.717, 1.165) is 22.2 Å². The fourth-order valence-electron chi connectivity index (χ4n) is 3.37. The van der Waals surface area contributed by atoms with Gasteiger partial charge in [-0.05, 0) is 55.3 Å². The summed E-state index contributed by atoms with van der Waals surface area (Å²) in [6.07, 6.45) is 1.80. The molecule has 0 atom stereocenters. The normalized spacial score (nSPS) is 11.3. The molecule has 0 saturated heterocycles. The molecular weight excluding hydrogens is 386 g/mol. The number of aromatic nitrogens is 2. The second-order valence-electron chi connectivity index (χ2n) is 7.19. The first kappa shape index (κ1) is 20.2. The van der Waals surface area contributed by atoms with E-state index in [1.165, 1.54) is 5.56 Å². The molecule has 3 aromatic carbocycles. The standard InChI is InChI=1S/C26H23N3O2/c1-3-30-25-15-19(11-12-24(25)31-17-20-8-6-7-18(2)13-20)14-21(16-27)26-28-22-9-4-5-10-23(22)29-26/h4-15H,3,17H2,1-2H3,(H,28,29)/b21-14-. The molecule has 0 saturated carbocycles. The summed E-state index contributed by atoms with van der Waals surface area (Å²) in [7, 11) is 0. The predicted molar refractivity (Wildman–Crippen MR) is 123 cm³/mol. The summed E-state index contributed by atoms with van der Waals surface area (Å²) in [4.78, 5) is 7.73. The molecule has 5 heteroatoms. The van der Waals surface area contributed by atoms with E-state index in [1.807, 2.05) is 61.5 Å². The number of fused-ring (bicyclic) bond motifs is 1. The van der Waals surface area contributed by atoms with Gasteiger partial charge in [0.05, 0.1) is 23.2 Å². The van der Waals surface area contributed by atoms with Crippen molar-refractivity contribution in [3.05, 3.63) is 89.2 Å². The Morgan fingerprint density at radius 2 is 1.90 bits per heavy atom. The largest absolute Gasteiger partial charge is 0.490 e. The second kappa shape index (κ2) is 9.19. The van der Waals surface area contributed by atoms with Crippen molar-refractivity contribution in [2.75, 3.05) is 6.61 Å². The lowest BCUT2D eigenvalue weighted by molar-refractivity contribution is 0.269. The first-order chi connectivity index (χ1) is 15.2. The number of nitrogens with one attached hydrogen (secondary N) is 1. The summed E-state index contributed by atoms with van der Waals surface area (Å²) >= 11 is 0. The number of benzene rings is 3. The molecule has 31 heavy (non-hydrogen) atoms. The molecule has 0 unspecified atom stereocenters. The Morgan fingerprint density at radius 1 is 1.03 bits per heavy atom. The highest BCUT2D eigenvalue weighted by Gasteiger charge is 2.10. The molecule has 154 valence electrons. The lowest BCUT2D eigenvalue weighted by atomic mass is 10.1. The van der Waals surface area contributed by atoms with Crippen LogP contribution < -0.4 is 9.47 Å². The third kappa shape index (κ3) is 4.76. The zero-order valence-corrected chi connectivity index (χ0v) is 17.6. The van der Waals surface area contributed by atoms with Crippen LogP contribution in [0.1, 0.15) is 29.4 Å². The number of nitrogens with zero attached hydrogens (tertiary/aromatic N) is 2. The zero-order valence-electron chi connectivity index (χ0n) is 17.6. The Hall–Kier alpha value is -4.04. The number of imidazole rings is 1. The monoisotopic (exact) mass is 409 g/mol. The molecule has 0 spiro atoms. The maximum atomic E-state index is 9.69. The average Bonchev–Trinajstić information content (AvgIpc) is 3.21. The summed E-state index contributed by atoms with van der Waals surface area (Å²) < 4.78 is 11.8. The predicted octanol–water partition coefficient (Wildman–Crippen LogP) is 5.91. The summed E-state index contributed by atoms with van der Waals surface area (Å²) in [6.45, 7) is 4.97. The fraction of sp³-hybridized carbons (Fsp3) is 0.154. The van der Waals surface area contributed by atoms with Crippen LogP contribution in [0.15, 0.2) is 66.7 Å². The van der Waals surface area contributed by atoms with Gasteiger partial charge in [0.2, 0.25) is 0 Å². The van der Waals surface area contributed by atoms with Crippen LogP contribution in [-0.2, 0) is 6.61 Å². The molecule has 0 fully saturated rings. The molecule has 0 aliphatic rings. The van der Waals surface area contributed by atoms with Crippen LogP contribution in [0.2, 0.25) is 0 Å². The quantitative estimate of drug-likeness (QED) is 0.385. The van der Waals surface area contributed by atoms with Gasteiger partial charge in [-0.2, -0.15) is 5.26 Å². The summed E-state index contributed by atoms with van der Waals surface area (Å²) in [5, 5.41) is 9.69. The smallest absolute Gasteiger partial charge is 0.161 e. The fourth-order valence-corrected chi connectivity index (χ4v) is 3.37. The number of rotatable bonds is 7. The Morgan fingerprint density at radius 3 is 2.68 bits per heavy atom. The highest BCUT2D eigenvalue weighted by atomic mass is 16.5. The Balaban J connectivity index is 1.60. The van der Waals surface area contributed by atoms with Crippen LogP contribution in [-0.4, -0.2) is 16.6 Å². The van der Waals surface area contributed by atoms with Gasteiger partial charge in [-0.25, -0.2) is 4.98 Å². The van der Waals surface area contributed by atoms with Crippen molar-refractivity contribution < 1.29 is 9.47 Å². The summed E-state index contributed by atoms with van der Waals surface area (Å²) in [6, 6.07) is 23.8. The minimum absolute atomic E-state index is 0.451. The number of hydrogen-bond donors (Lipinski definition) is 1. The molecule has 4 aromatic rings. The van der Waals surface area contributed by atoms with Crippen molar-refractivity contribution in [2.45, 2.75) is 20.5 Å². The number of H-pyrrole nitrogens is 1. The van der Waals surface area contributed by atoms with Gasteiger partial charge in [-0.15, -0.1) is 0 Å². The number of nitriles is 1. The molecule has 0 amide bonds. The molecule has 0 aliphatic carbocycles. The van der Waals surface area contributed by atoms with Crippen LogP contribution in [0.3, 0.4) is 0 Å². The molecule has 4 rings (SSSR count). The maximum Gasteiger partial charge on any atom is 0.161 e. The van der Waals surface area contributed by atoms with Crippen molar-refractivity contribution in [2.24, 2.45) is 0 Å². The molecule has 0 aliphatic heterocycles. The number of para-hydroxylation sites is 2. The SMILES string of the molecule is CCOc1cc(/C=C(/C#N)c2nc3ccccc3[nH]2)ccc1OCc1cccc(C)c1. The van der Waals surface area contributed by atoms with Crippen LogP contribution in [0.4, 0.5) is 0 Å². The molecule has 0 radical (unpaired) electrons. The Labute approximate surface area is 181 Å². The first-order valence-corrected chi connectivity index (χ1v) is 10.2. The number of allylic oxidation sites excluding steroid dienone is 1. The van der Waals surface area contributed by atoms with Crippen LogP contribution in [0.25, 0.3) is 22.7 Å². The topological polar surface area (TPSA) is 70.9 Å². The molecule has 5 nitrogen and oxygen atoms in total. The molecule has 1 heterocycles. The number of ether oxygens (including phenoxy) is 2. The summed E-state index contributed by atoms with van der Waals surface area (Å²) in [5.74, 6) is 1.86. The van der Waals surface area contributed by atoms with Gasteiger partial charge in [0.15, 0.2) is 11.5 Å². The molecular formula is C26H23N3O2. The molecule has 1 N–H and O–H groups in total. The van der Waals surface area contributed by atoms with E-state index < -0.39 is 0 Å².